The van der Waals surface area contributed by atoms with Crippen molar-refractivity contribution < 1.29 is 14.3 Å². The van der Waals surface area contributed by atoms with Crippen LogP contribution in [0.3, 0.4) is 0 Å². The largest absolute Gasteiger partial charge is 0.477 e. The van der Waals surface area contributed by atoms with E-state index in [4.69, 9.17) is 5.26 Å². The number of nitrogens with zero attached hydrogens (tertiary/aromatic N) is 3. The number of carboxylic acids is 1. The average molecular weight is 433 g/mol. The molecule has 0 fully saturated rings. The van der Waals surface area contributed by atoms with Gasteiger partial charge in [0.1, 0.15) is 11.9 Å². The molecule has 0 bridgehead atoms. The third kappa shape index (κ3) is 3.00. The maximum absolute atomic E-state index is 13.8. The molecule has 1 aromatic heterocycles. The second kappa shape index (κ2) is 6.41. The number of carboxylic acid groups (broad SMARTS) is 1. The molecule has 3 aromatic rings. The molecule has 0 saturated carbocycles. The molecular formula is C17H9FIN3O2. The van der Waals surface area contributed by atoms with E-state index in [2.05, 4.69) is 27.7 Å². The molecule has 0 unspecified atom stereocenters. The van der Waals surface area contributed by atoms with E-state index in [-0.39, 0.29) is 11.3 Å². The molecule has 3 rings (SSSR count). The van der Waals surface area contributed by atoms with Gasteiger partial charge in [-0.1, -0.05) is 6.07 Å². The van der Waals surface area contributed by atoms with Crippen LogP contribution in [-0.4, -0.2) is 20.9 Å². The minimum Gasteiger partial charge on any atom is -0.477 e. The minimum absolute atomic E-state index is 0.0315. The average Bonchev–Trinajstić information content (AvgIpc) is 3.01. The van der Waals surface area contributed by atoms with Crippen LogP contribution in [0.4, 0.5) is 4.39 Å². The van der Waals surface area contributed by atoms with E-state index in [1.807, 2.05) is 12.1 Å². The zero-order valence-electron chi connectivity index (χ0n) is 12.1. The van der Waals surface area contributed by atoms with Crippen LogP contribution >= 0.6 is 22.6 Å². The molecular weight excluding hydrogens is 424 g/mol. The predicted molar refractivity (Wildman–Crippen MR) is 93.3 cm³/mol. The maximum atomic E-state index is 13.8. The van der Waals surface area contributed by atoms with E-state index in [9.17, 15) is 14.3 Å². The van der Waals surface area contributed by atoms with E-state index < -0.39 is 11.8 Å². The van der Waals surface area contributed by atoms with Crippen LogP contribution in [-0.2, 0) is 0 Å². The van der Waals surface area contributed by atoms with Crippen LogP contribution in [0, 0.1) is 20.7 Å². The Morgan fingerprint density at radius 2 is 1.92 bits per heavy atom. The van der Waals surface area contributed by atoms with Gasteiger partial charge in [-0.25, -0.2) is 13.9 Å². The second-order valence-electron chi connectivity index (χ2n) is 4.91. The first-order valence-electron chi connectivity index (χ1n) is 6.79. The molecule has 0 aliphatic rings. The van der Waals surface area contributed by atoms with Crippen molar-refractivity contribution in [3.8, 4) is 23.0 Å². The molecule has 0 saturated heterocycles. The van der Waals surface area contributed by atoms with Gasteiger partial charge in [0.25, 0.3) is 0 Å². The van der Waals surface area contributed by atoms with Gasteiger partial charge in [0.2, 0.25) is 0 Å². The van der Waals surface area contributed by atoms with Crippen molar-refractivity contribution in [3.05, 3.63) is 69.2 Å². The summed E-state index contributed by atoms with van der Waals surface area (Å²) in [6.07, 6.45) is 0. The fourth-order valence-electron chi connectivity index (χ4n) is 2.22. The Balaban J connectivity index is 2.13. The van der Waals surface area contributed by atoms with Gasteiger partial charge < -0.3 is 5.11 Å². The van der Waals surface area contributed by atoms with E-state index in [0.717, 1.165) is 3.57 Å². The Hall–Kier alpha value is -2.73. The predicted octanol–water partition coefficient (Wildman–Crippen LogP) is 3.85. The fourth-order valence-corrected chi connectivity index (χ4v) is 2.58. The topological polar surface area (TPSA) is 78.9 Å². The van der Waals surface area contributed by atoms with Gasteiger partial charge in [0.15, 0.2) is 5.69 Å². The molecule has 1 N–H and O–H groups in total. The van der Waals surface area contributed by atoms with E-state index in [1.165, 1.54) is 28.9 Å². The molecule has 2 aromatic carbocycles. The van der Waals surface area contributed by atoms with Crippen LogP contribution in [0.2, 0.25) is 0 Å². The highest BCUT2D eigenvalue weighted by Gasteiger charge is 2.17. The van der Waals surface area contributed by atoms with E-state index >= 15 is 0 Å². The summed E-state index contributed by atoms with van der Waals surface area (Å²) >= 11 is 2.15. The van der Waals surface area contributed by atoms with Crippen molar-refractivity contribution in [1.82, 2.24) is 9.78 Å². The Morgan fingerprint density at radius 1 is 1.21 bits per heavy atom. The summed E-state index contributed by atoms with van der Waals surface area (Å²) in [6, 6.07) is 14.4. The molecule has 0 atom stereocenters. The SMILES string of the molecule is N#Cc1ccc(-c2cc(C(=O)O)n(-c3ccc(I)cc3)n2)cc1F. The van der Waals surface area contributed by atoms with Gasteiger partial charge in [-0.3, -0.25) is 0 Å². The number of hydrogen-bond donors (Lipinski definition) is 1. The molecule has 5 nitrogen and oxygen atoms in total. The van der Waals surface area contributed by atoms with Crippen molar-refractivity contribution in [2.75, 3.05) is 0 Å². The lowest BCUT2D eigenvalue weighted by Gasteiger charge is -2.04. The summed E-state index contributed by atoms with van der Waals surface area (Å²) in [7, 11) is 0. The van der Waals surface area contributed by atoms with Crippen LogP contribution in [0.5, 0.6) is 0 Å². The lowest BCUT2D eigenvalue weighted by Crippen LogP contribution is -2.07. The molecule has 7 heteroatoms. The van der Waals surface area contributed by atoms with Crippen LogP contribution < -0.4 is 0 Å². The van der Waals surface area contributed by atoms with Gasteiger partial charge in [0.05, 0.1) is 16.9 Å². The highest BCUT2D eigenvalue weighted by Crippen LogP contribution is 2.24. The second-order valence-corrected chi connectivity index (χ2v) is 6.16. The van der Waals surface area contributed by atoms with Gasteiger partial charge in [-0.05, 0) is 65.1 Å². The lowest BCUT2D eigenvalue weighted by atomic mass is 10.1. The quantitative estimate of drug-likeness (QED) is 0.637. The Morgan fingerprint density at radius 3 is 2.50 bits per heavy atom. The zero-order valence-corrected chi connectivity index (χ0v) is 14.2. The number of nitriles is 1. The first kappa shape index (κ1) is 16.1. The first-order valence-corrected chi connectivity index (χ1v) is 7.87. The van der Waals surface area contributed by atoms with Crippen LogP contribution in [0.25, 0.3) is 16.9 Å². The Kier molecular flexibility index (Phi) is 4.31. The number of carbonyl (C=O) groups is 1. The molecule has 1 heterocycles. The van der Waals surface area contributed by atoms with Crippen molar-refractivity contribution in [2.24, 2.45) is 0 Å². The Labute approximate surface area is 150 Å². The van der Waals surface area contributed by atoms with Crippen LogP contribution in [0.1, 0.15) is 16.1 Å². The van der Waals surface area contributed by atoms with Crippen LogP contribution in [0.15, 0.2) is 48.5 Å². The summed E-state index contributed by atoms with van der Waals surface area (Å²) in [6.45, 7) is 0. The van der Waals surface area contributed by atoms with Crippen molar-refractivity contribution >= 4 is 28.6 Å². The standard InChI is InChI=1S/C17H9FIN3O2/c18-14-7-10(1-2-11(14)9-20)15-8-16(17(23)24)22(21-15)13-5-3-12(19)4-6-13/h1-8H,(H,23,24). The van der Waals surface area contributed by atoms with Gasteiger partial charge in [-0.15, -0.1) is 0 Å². The molecule has 0 spiro atoms. The minimum atomic E-state index is -1.14. The maximum Gasteiger partial charge on any atom is 0.354 e. The summed E-state index contributed by atoms with van der Waals surface area (Å²) in [5, 5.41) is 22.5. The smallest absolute Gasteiger partial charge is 0.354 e. The molecule has 24 heavy (non-hydrogen) atoms. The van der Waals surface area contributed by atoms with Gasteiger partial charge >= 0.3 is 5.97 Å². The summed E-state index contributed by atoms with van der Waals surface area (Å²) < 4.78 is 16.1. The number of hydrogen-bond acceptors (Lipinski definition) is 3. The molecule has 0 aliphatic carbocycles. The summed E-state index contributed by atoms with van der Waals surface area (Å²) in [4.78, 5) is 11.5. The number of aromatic carboxylic acids is 1. The third-order valence-corrected chi connectivity index (χ3v) is 4.10. The monoisotopic (exact) mass is 433 g/mol. The van der Waals surface area contributed by atoms with E-state index in [1.54, 1.807) is 18.2 Å². The van der Waals surface area contributed by atoms with Crippen molar-refractivity contribution in [3.63, 3.8) is 0 Å². The number of benzene rings is 2. The number of aromatic nitrogens is 2. The molecule has 0 amide bonds. The van der Waals surface area contributed by atoms with Gasteiger partial charge in [-0.2, -0.15) is 10.4 Å². The Bertz CT molecular complexity index is 974. The third-order valence-electron chi connectivity index (χ3n) is 3.38. The molecule has 0 radical (unpaired) electrons. The lowest BCUT2D eigenvalue weighted by molar-refractivity contribution is 0.0687. The number of rotatable bonds is 3. The normalized spacial score (nSPS) is 10.4. The van der Waals surface area contributed by atoms with Crippen molar-refractivity contribution in [2.45, 2.75) is 0 Å². The zero-order chi connectivity index (χ0) is 17.3. The first-order chi connectivity index (χ1) is 11.5. The van der Waals surface area contributed by atoms with Gasteiger partial charge in [0, 0.05) is 9.13 Å². The number of halogens is 2. The molecule has 0 aliphatic heterocycles. The fraction of sp³-hybridized carbons (Fsp3) is 0. The molecule has 118 valence electrons. The van der Waals surface area contributed by atoms with E-state index in [0.29, 0.717) is 16.9 Å². The highest BCUT2D eigenvalue weighted by molar-refractivity contribution is 14.1. The summed E-state index contributed by atoms with van der Waals surface area (Å²) in [5.41, 5.74) is 1.20. The highest BCUT2D eigenvalue weighted by atomic mass is 127. The van der Waals surface area contributed by atoms with Crippen molar-refractivity contribution in [1.29, 1.82) is 5.26 Å². The summed E-state index contributed by atoms with van der Waals surface area (Å²) in [5.74, 6) is -1.81.